The van der Waals surface area contributed by atoms with Crippen molar-refractivity contribution in [1.82, 2.24) is 0 Å². The van der Waals surface area contributed by atoms with Gasteiger partial charge >= 0.3 is 17.9 Å². The van der Waals surface area contributed by atoms with Crippen LogP contribution in [0.1, 0.15) is 290 Å². The molecule has 0 rings (SSSR count). The van der Waals surface area contributed by atoms with Gasteiger partial charge < -0.3 is 14.2 Å². The average molecular weight is 990 g/mol. The number of hydrogen-bond acceptors (Lipinski definition) is 6. The SMILES string of the molecule is CC/C=C\C/C=C\C/C=C\C/C=C\C/C=C\C/C=C\CCC(=O)OCC(COC(=O)CCCCCCCCCCCCCCCCC)OC(=O)CCCCCCCCCCC/C=C\CCCCCCCC. The molecule has 6 nitrogen and oxygen atoms in total. The van der Waals surface area contributed by atoms with Gasteiger partial charge in [0.05, 0.1) is 0 Å². The summed E-state index contributed by atoms with van der Waals surface area (Å²) in [5.74, 6) is -0.978. The lowest BCUT2D eigenvalue weighted by molar-refractivity contribution is -0.166. The zero-order chi connectivity index (χ0) is 51.4. The fourth-order valence-electron chi connectivity index (χ4n) is 8.41. The highest BCUT2D eigenvalue weighted by molar-refractivity contribution is 5.71. The van der Waals surface area contributed by atoms with E-state index in [2.05, 4.69) is 99.8 Å². The van der Waals surface area contributed by atoms with E-state index < -0.39 is 6.10 Å². The summed E-state index contributed by atoms with van der Waals surface area (Å²) in [6.45, 7) is 6.48. The van der Waals surface area contributed by atoms with Crippen LogP contribution in [0, 0.1) is 0 Å². The van der Waals surface area contributed by atoms with E-state index in [-0.39, 0.29) is 37.5 Å². The molecule has 0 aromatic heterocycles. The molecule has 0 aliphatic heterocycles. The molecular formula is C65H112O6. The molecule has 0 amide bonds. The van der Waals surface area contributed by atoms with Gasteiger partial charge in [-0.15, -0.1) is 0 Å². The number of hydrogen-bond donors (Lipinski definition) is 0. The largest absolute Gasteiger partial charge is 0.462 e. The summed E-state index contributed by atoms with van der Waals surface area (Å²) >= 11 is 0. The molecule has 0 spiro atoms. The molecule has 408 valence electrons. The lowest BCUT2D eigenvalue weighted by Gasteiger charge is -2.18. The number of carbonyl (C=O) groups is 3. The van der Waals surface area contributed by atoms with Crippen molar-refractivity contribution in [3.63, 3.8) is 0 Å². The van der Waals surface area contributed by atoms with Gasteiger partial charge in [0.2, 0.25) is 0 Å². The number of allylic oxidation sites excluding steroid dienone is 14. The van der Waals surface area contributed by atoms with Crippen LogP contribution in [0.4, 0.5) is 0 Å². The van der Waals surface area contributed by atoms with E-state index in [0.29, 0.717) is 19.3 Å². The van der Waals surface area contributed by atoms with Gasteiger partial charge in [-0.05, 0) is 83.5 Å². The summed E-state index contributed by atoms with van der Waals surface area (Å²) in [5.41, 5.74) is 0. The molecule has 0 aliphatic carbocycles. The smallest absolute Gasteiger partial charge is 0.306 e. The van der Waals surface area contributed by atoms with Crippen LogP contribution in [0.2, 0.25) is 0 Å². The molecule has 0 aromatic carbocycles. The first-order chi connectivity index (χ1) is 35.0. The Balaban J connectivity index is 4.47. The third kappa shape index (κ3) is 57.4. The maximum Gasteiger partial charge on any atom is 0.306 e. The summed E-state index contributed by atoms with van der Waals surface area (Å²) in [5, 5.41) is 0. The van der Waals surface area contributed by atoms with Gasteiger partial charge in [0.15, 0.2) is 6.10 Å². The van der Waals surface area contributed by atoms with E-state index in [0.717, 1.165) is 77.0 Å². The van der Waals surface area contributed by atoms with Crippen LogP contribution < -0.4 is 0 Å². The van der Waals surface area contributed by atoms with Crippen molar-refractivity contribution in [2.45, 2.75) is 297 Å². The molecule has 0 heterocycles. The van der Waals surface area contributed by atoms with Crippen molar-refractivity contribution in [3.8, 4) is 0 Å². The van der Waals surface area contributed by atoms with Gasteiger partial charge in [-0.1, -0.05) is 273 Å². The van der Waals surface area contributed by atoms with Crippen molar-refractivity contribution in [3.05, 3.63) is 85.1 Å². The Bertz CT molecular complexity index is 1370. The molecule has 0 saturated carbocycles. The molecule has 0 aliphatic rings. The Morgan fingerprint density at radius 1 is 0.296 bits per heavy atom. The summed E-state index contributed by atoms with van der Waals surface area (Å²) in [7, 11) is 0. The second-order valence-electron chi connectivity index (χ2n) is 19.9. The Morgan fingerprint density at radius 3 is 0.944 bits per heavy atom. The van der Waals surface area contributed by atoms with Crippen LogP contribution in [0.15, 0.2) is 85.1 Å². The topological polar surface area (TPSA) is 78.9 Å². The highest BCUT2D eigenvalue weighted by Gasteiger charge is 2.19. The monoisotopic (exact) mass is 989 g/mol. The average Bonchev–Trinajstić information content (AvgIpc) is 3.37. The molecule has 6 heteroatoms. The van der Waals surface area contributed by atoms with Crippen molar-refractivity contribution in [2.75, 3.05) is 13.2 Å². The molecule has 1 atom stereocenters. The van der Waals surface area contributed by atoms with E-state index in [1.165, 1.54) is 167 Å². The normalized spacial score (nSPS) is 12.7. The Morgan fingerprint density at radius 2 is 0.577 bits per heavy atom. The van der Waals surface area contributed by atoms with Crippen molar-refractivity contribution in [1.29, 1.82) is 0 Å². The fraction of sp³-hybridized carbons (Fsp3) is 0.738. The van der Waals surface area contributed by atoms with Crippen molar-refractivity contribution < 1.29 is 28.6 Å². The second-order valence-corrected chi connectivity index (χ2v) is 19.9. The molecule has 0 aromatic rings. The predicted molar refractivity (Wildman–Crippen MR) is 307 cm³/mol. The minimum atomic E-state index is -0.807. The predicted octanol–water partition coefficient (Wildman–Crippen LogP) is 20.3. The first-order valence-corrected chi connectivity index (χ1v) is 30.1. The molecule has 0 radical (unpaired) electrons. The number of esters is 3. The van der Waals surface area contributed by atoms with Crippen LogP contribution in [0.25, 0.3) is 0 Å². The lowest BCUT2D eigenvalue weighted by Crippen LogP contribution is -2.30. The van der Waals surface area contributed by atoms with E-state index in [1.54, 1.807) is 0 Å². The van der Waals surface area contributed by atoms with Gasteiger partial charge in [-0.25, -0.2) is 0 Å². The lowest BCUT2D eigenvalue weighted by atomic mass is 10.0. The molecule has 71 heavy (non-hydrogen) atoms. The zero-order valence-corrected chi connectivity index (χ0v) is 46.7. The molecule has 0 N–H and O–H groups in total. The Hall–Kier alpha value is -3.41. The third-order valence-corrected chi connectivity index (χ3v) is 12.9. The van der Waals surface area contributed by atoms with Gasteiger partial charge in [0.25, 0.3) is 0 Å². The number of rotatable bonds is 54. The molecule has 0 bridgehead atoms. The van der Waals surface area contributed by atoms with E-state index >= 15 is 0 Å². The molecule has 0 fully saturated rings. The maximum atomic E-state index is 12.9. The van der Waals surface area contributed by atoms with Crippen molar-refractivity contribution in [2.24, 2.45) is 0 Å². The number of carbonyl (C=O) groups excluding carboxylic acids is 3. The summed E-state index contributed by atoms with van der Waals surface area (Å²) in [6, 6.07) is 0. The highest BCUT2D eigenvalue weighted by atomic mass is 16.6. The van der Waals surface area contributed by atoms with Gasteiger partial charge in [-0.3, -0.25) is 14.4 Å². The van der Waals surface area contributed by atoms with Gasteiger partial charge in [0.1, 0.15) is 13.2 Å². The van der Waals surface area contributed by atoms with E-state index in [4.69, 9.17) is 14.2 Å². The first-order valence-electron chi connectivity index (χ1n) is 30.1. The minimum absolute atomic E-state index is 0.0980. The minimum Gasteiger partial charge on any atom is -0.462 e. The van der Waals surface area contributed by atoms with E-state index in [9.17, 15) is 14.4 Å². The van der Waals surface area contributed by atoms with Crippen LogP contribution >= 0.6 is 0 Å². The highest BCUT2D eigenvalue weighted by Crippen LogP contribution is 2.16. The van der Waals surface area contributed by atoms with Crippen LogP contribution in [-0.2, 0) is 28.6 Å². The maximum absolute atomic E-state index is 12.9. The molecular weight excluding hydrogens is 877 g/mol. The van der Waals surface area contributed by atoms with Crippen molar-refractivity contribution >= 4 is 17.9 Å². The summed E-state index contributed by atoms with van der Waals surface area (Å²) in [4.78, 5) is 38.2. The number of unbranched alkanes of at least 4 members (excludes halogenated alkanes) is 29. The third-order valence-electron chi connectivity index (χ3n) is 12.9. The zero-order valence-electron chi connectivity index (χ0n) is 46.7. The van der Waals surface area contributed by atoms with E-state index in [1.807, 2.05) is 6.08 Å². The quantitative estimate of drug-likeness (QED) is 0.0261. The van der Waals surface area contributed by atoms with Crippen LogP contribution in [0.5, 0.6) is 0 Å². The summed E-state index contributed by atoms with van der Waals surface area (Å²) in [6.07, 6.45) is 77.3. The Kier molecular flexibility index (Phi) is 56.3. The standard InChI is InChI=1S/C65H112O6/c1-4-7-10-13-16-19-22-25-28-30-32-34-37-40-43-46-49-52-55-58-64(67)70-61-62(60-69-63(66)57-54-51-48-45-42-39-36-27-24-21-18-15-12-9-6-3)71-65(68)59-56-53-50-47-44-41-38-35-33-31-29-26-23-20-17-14-11-8-5-2/h7,10,16,19,25-26,28-29,32,34,40,43,49,52,62H,4-6,8-9,11-15,17-18,20-24,27,30-31,33,35-39,41-42,44-48,50-51,53-61H2,1-3H3/b10-7-,19-16-,28-25-,29-26-,34-32-,43-40-,52-49-. The van der Waals surface area contributed by atoms with Gasteiger partial charge in [-0.2, -0.15) is 0 Å². The number of ether oxygens (including phenoxy) is 3. The van der Waals surface area contributed by atoms with Crippen LogP contribution in [0.3, 0.4) is 0 Å². The second kappa shape index (κ2) is 59.2. The summed E-state index contributed by atoms with van der Waals surface area (Å²) < 4.78 is 16.8. The Labute approximate surface area is 439 Å². The van der Waals surface area contributed by atoms with Crippen LogP contribution in [-0.4, -0.2) is 37.2 Å². The first kappa shape index (κ1) is 67.6. The molecule has 1 unspecified atom stereocenters. The fourth-order valence-corrected chi connectivity index (χ4v) is 8.41. The van der Waals surface area contributed by atoms with Gasteiger partial charge in [0, 0.05) is 19.3 Å². The molecule has 0 saturated heterocycles.